The molecule has 0 heterocycles. The van der Waals surface area contributed by atoms with Crippen molar-refractivity contribution < 1.29 is 5.21 Å². The molecule has 2 heteroatoms. The van der Waals surface area contributed by atoms with E-state index >= 15 is 0 Å². The highest BCUT2D eigenvalue weighted by Crippen LogP contribution is 1.87. The Balaban J connectivity index is 2.63. The average Bonchev–Trinajstić information content (AvgIpc) is 1.35. The van der Waals surface area contributed by atoms with Crippen molar-refractivity contribution in [3.63, 3.8) is 0 Å². The topological polar surface area (TPSA) is 32.3 Å². The summed E-state index contributed by atoms with van der Waals surface area (Å²) in [6.45, 7) is 4.49. The van der Waals surface area contributed by atoms with Crippen LogP contribution in [0, 0.1) is 5.92 Å². The molecular weight excluding hydrogens is 78.0 g/mol. The largest absolute Gasteiger partial charge is 0.317 e. The van der Waals surface area contributed by atoms with Crippen molar-refractivity contribution >= 4 is 0 Å². The van der Waals surface area contributed by atoms with Crippen molar-refractivity contribution in [2.75, 3.05) is 6.54 Å². The zero-order chi connectivity index (χ0) is 4.99. The van der Waals surface area contributed by atoms with E-state index in [2.05, 4.69) is 0 Å². The first-order valence-corrected chi connectivity index (χ1v) is 1.93. The van der Waals surface area contributed by atoms with Crippen LogP contribution in [0.1, 0.15) is 13.8 Å². The lowest BCUT2D eigenvalue weighted by Gasteiger charge is -1.96. The predicted molar refractivity (Wildman–Crippen MR) is 24.4 cm³/mol. The van der Waals surface area contributed by atoms with Crippen LogP contribution in [0.3, 0.4) is 0 Å². The highest BCUT2D eigenvalue weighted by molar-refractivity contribution is 4.76. The molecule has 0 rings (SSSR count). The molecule has 0 unspecified atom stereocenters. The molecule has 0 amide bonds. The van der Waals surface area contributed by atoms with E-state index in [-0.39, 0.29) is 0 Å². The lowest BCUT2D eigenvalue weighted by atomic mass is 10.2. The summed E-state index contributed by atoms with van der Waals surface area (Å²) in [7, 11) is 0. The number of hydrogen-bond acceptors (Lipinski definition) is 2. The summed E-state index contributed by atoms with van der Waals surface area (Å²) < 4.78 is 0. The van der Waals surface area contributed by atoms with E-state index < -0.39 is 0 Å². The van der Waals surface area contributed by atoms with Gasteiger partial charge in [0.1, 0.15) is 0 Å². The molecule has 0 spiro atoms. The molecule has 0 aliphatic heterocycles. The van der Waals surface area contributed by atoms with Crippen LogP contribution >= 0.6 is 0 Å². The Morgan fingerprint density at radius 2 is 2.17 bits per heavy atom. The maximum Gasteiger partial charge on any atom is 0.0264 e. The van der Waals surface area contributed by atoms with Crippen LogP contribution in [-0.2, 0) is 0 Å². The monoisotopic (exact) mass is 88.1 g/mol. The lowest BCUT2D eigenvalue weighted by Crippen LogP contribution is -2.12. The molecule has 0 aromatic heterocycles. The molecule has 0 saturated carbocycles. The van der Waals surface area contributed by atoms with Gasteiger partial charge in [-0.3, -0.25) is 0 Å². The van der Waals surface area contributed by atoms with E-state index in [4.69, 9.17) is 5.21 Å². The standard InChI is InChI=1S/C4H10NO/c1-4(2)3-5-6/h5-6H,3H2,1-2H3. The van der Waals surface area contributed by atoms with E-state index in [9.17, 15) is 0 Å². The van der Waals surface area contributed by atoms with E-state index in [0.29, 0.717) is 6.54 Å². The third-order valence-electron chi connectivity index (χ3n) is 0.433. The zero-order valence-corrected chi connectivity index (χ0v) is 4.15. The van der Waals surface area contributed by atoms with Gasteiger partial charge in [-0.15, -0.1) is 0 Å². The van der Waals surface area contributed by atoms with E-state index in [1.165, 1.54) is 5.92 Å². The second kappa shape index (κ2) is 3.12. The molecule has 0 fully saturated rings. The Kier molecular flexibility index (Phi) is 3.08. The highest BCUT2D eigenvalue weighted by Gasteiger charge is 1.86. The van der Waals surface area contributed by atoms with Gasteiger partial charge in [-0.1, -0.05) is 13.8 Å². The minimum absolute atomic E-state index is 0.597. The van der Waals surface area contributed by atoms with Gasteiger partial charge in [0.25, 0.3) is 0 Å². The van der Waals surface area contributed by atoms with Gasteiger partial charge in [0, 0.05) is 6.54 Å². The Labute approximate surface area is 38.1 Å². The molecule has 0 saturated heterocycles. The molecule has 0 aliphatic carbocycles. The van der Waals surface area contributed by atoms with Gasteiger partial charge >= 0.3 is 0 Å². The lowest BCUT2D eigenvalue weighted by molar-refractivity contribution is 0.172. The average molecular weight is 88.1 g/mol. The summed E-state index contributed by atoms with van der Waals surface area (Å²) in [5.74, 6) is 1.18. The van der Waals surface area contributed by atoms with E-state index in [1.54, 1.807) is 0 Å². The maximum atomic E-state index is 7.97. The van der Waals surface area contributed by atoms with Crippen molar-refractivity contribution in [1.82, 2.24) is 5.48 Å². The van der Waals surface area contributed by atoms with Crippen LogP contribution in [-0.4, -0.2) is 11.8 Å². The number of hydroxylamine groups is 1. The fourth-order valence-electron chi connectivity index (χ4n) is 0.158. The zero-order valence-electron chi connectivity index (χ0n) is 4.15. The number of hydrogen-bond donors (Lipinski definition) is 2. The Hall–Kier alpha value is -0.0800. The van der Waals surface area contributed by atoms with Crippen molar-refractivity contribution in [2.45, 2.75) is 13.8 Å². The third kappa shape index (κ3) is 3.92. The fourth-order valence-corrected chi connectivity index (χ4v) is 0.158. The van der Waals surface area contributed by atoms with Crippen LogP contribution in [0.2, 0.25) is 0 Å². The quantitative estimate of drug-likeness (QED) is 0.484. The first kappa shape index (κ1) is 5.92. The van der Waals surface area contributed by atoms with E-state index in [1.807, 2.05) is 19.3 Å². The minimum Gasteiger partial charge on any atom is -0.317 e. The molecule has 37 valence electrons. The normalized spacial score (nSPS) is 10.0. The molecule has 2 nitrogen and oxygen atoms in total. The van der Waals surface area contributed by atoms with Crippen LogP contribution in [0.5, 0.6) is 0 Å². The summed E-state index contributed by atoms with van der Waals surface area (Å²) >= 11 is 0. The number of nitrogens with one attached hydrogen (secondary N) is 1. The van der Waals surface area contributed by atoms with Gasteiger partial charge < -0.3 is 5.21 Å². The molecular formula is C4H10NO. The smallest absolute Gasteiger partial charge is 0.0264 e. The SMILES string of the molecule is C[C](C)CNO. The predicted octanol–water partition coefficient (Wildman–Crippen LogP) is 0.579. The molecule has 0 bridgehead atoms. The number of rotatable bonds is 2. The first-order valence-electron chi connectivity index (χ1n) is 1.93. The van der Waals surface area contributed by atoms with Gasteiger partial charge in [0.2, 0.25) is 0 Å². The fraction of sp³-hybridized carbons (Fsp3) is 0.750. The van der Waals surface area contributed by atoms with Crippen molar-refractivity contribution in [3.8, 4) is 0 Å². The van der Waals surface area contributed by atoms with Crippen LogP contribution in [0.25, 0.3) is 0 Å². The summed E-state index contributed by atoms with van der Waals surface area (Å²) in [5, 5.41) is 7.97. The molecule has 0 aromatic rings. The van der Waals surface area contributed by atoms with Gasteiger partial charge in [0.05, 0.1) is 0 Å². The molecule has 6 heavy (non-hydrogen) atoms. The first-order chi connectivity index (χ1) is 2.77. The van der Waals surface area contributed by atoms with Gasteiger partial charge in [-0.25, -0.2) is 5.48 Å². The highest BCUT2D eigenvalue weighted by atomic mass is 16.5. The van der Waals surface area contributed by atoms with Gasteiger partial charge in [-0.05, 0) is 5.92 Å². The maximum absolute atomic E-state index is 7.97. The van der Waals surface area contributed by atoms with Crippen molar-refractivity contribution in [2.24, 2.45) is 0 Å². The van der Waals surface area contributed by atoms with Crippen molar-refractivity contribution in [1.29, 1.82) is 0 Å². The molecule has 2 N–H and O–H groups in total. The van der Waals surface area contributed by atoms with E-state index in [0.717, 1.165) is 0 Å². The second-order valence-corrected chi connectivity index (χ2v) is 1.54. The Morgan fingerprint density at radius 3 is 2.17 bits per heavy atom. The summed E-state index contributed by atoms with van der Waals surface area (Å²) in [4.78, 5) is 0. The molecule has 1 radical (unpaired) electrons. The second-order valence-electron chi connectivity index (χ2n) is 1.54. The Bertz CT molecular complexity index is 28.7. The summed E-state index contributed by atoms with van der Waals surface area (Å²) in [6.07, 6.45) is 0. The van der Waals surface area contributed by atoms with Crippen LogP contribution in [0.15, 0.2) is 0 Å². The molecule has 0 atom stereocenters. The Morgan fingerprint density at radius 1 is 1.67 bits per heavy atom. The minimum atomic E-state index is 0.597. The summed E-state index contributed by atoms with van der Waals surface area (Å²) in [6, 6.07) is 0. The van der Waals surface area contributed by atoms with Crippen LogP contribution < -0.4 is 5.48 Å². The van der Waals surface area contributed by atoms with Crippen LogP contribution in [0.4, 0.5) is 0 Å². The summed E-state index contributed by atoms with van der Waals surface area (Å²) in [5.41, 5.74) is 2.03. The van der Waals surface area contributed by atoms with Gasteiger partial charge in [0.15, 0.2) is 0 Å². The van der Waals surface area contributed by atoms with Gasteiger partial charge in [-0.2, -0.15) is 0 Å². The molecule has 0 aliphatic rings. The van der Waals surface area contributed by atoms with Crippen molar-refractivity contribution in [3.05, 3.63) is 5.92 Å². The third-order valence-corrected chi connectivity index (χ3v) is 0.433. The molecule has 0 aromatic carbocycles.